The average Bonchev–Trinajstić information content (AvgIpc) is 2.95. The van der Waals surface area contributed by atoms with E-state index >= 15 is 0 Å². The SMILES string of the molecule is Cc1ccccc1CCNC(=O)C(C)NC(=O)c1ccc(Br)s1. The maximum atomic E-state index is 12.1. The molecule has 4 nitrogen and oxygen atoms in total. The lowest BCUT2D eigenvalue weighted by Gasteiger charge is -2.14. The highest BCUT2D eigenvalue weighted by atomic mass is 79.9. The summed E-state index contributed by atoms with van der Waals surface area (Å²) in [6, 6.07) is 11.1. The van der Waals surface area contributed by atoms with Gasteiger partial charge in [-0.15, -0.1) is 11.3 Å². The highest BCUT2D eigenvalue weighted by Crippen LogP contribution is 2.21. The molecule has 0 aliphatic rings. The summed E-state index contributed by atoms with van der Waals surface area (Å²) in [5.41, 5.74) is 2.43. The van der Waals surface area contributed by atoms with E-state index in [9.17, 15) is 9.59 Å². The number of hydrogen-bond acceptors (Lipinski definition) is 3. The lowest BCUT2D eigenvalue weighted by molar-refractivity contribution is -0.122. The van der Waals surface area contributed by atoms with Crippen molar-refractivity contribution in [2.45, 2.75) is 26.3 Å². The first-order valence-electron chi connectivity index (χ1n) is 7.36. The second kappa shape index (κ2) is 8.26. The number of halogens is 1. The molecule has 2 aromatic rings. The average molecular weight is 395 g/mol. The highest BCUT2D eigenvalue weighted by Gasteiger charge is 2.17. The van der Waals surface area contributed by atoms with Crippen molar-refractivity contribution in [3.05, 3.63) is 56.2 Å². The topological polar surface area (TPSA) is 58.2 Å². The third kappa shape index (κ3) is 5.18. The van der Waals surface area contributed by atoms with Crippen molar-refractivity contribution in [3.8, 4) is 0 Å². The number of amides is 2. The molecule has 1 atom stereocenters. The zero-order valence-electron chi connectivity index (χ0n) is 13.1. The van der Waals surface area contributed by atoms with Gasteiger partial charge in [-0.05, 0) is 59.5 Å². The van der Waals surface area contributed by atoms with Crippen LogP contribution in [-0.2, 0) is 11.2 Å². The quantitative estimate of drug-likeness (QED) is 0.789. The van der Waals surface area contributed by atoms with Crippen molar-refractivity contribution < 1.29 is 9.59 Å². The first-order chi connectivity index (χ1) is 11.0. The van der Waals surface area contributed by atoms with Crippen LogP contribution in [0.5, 0.6) is 0 Å². The summed E-state index contributed by atoms with van der Waals surface area (Å²) in [5.74, 6) is -0.412. The molecule has 0 saturated heterocycles. The molecule has 1 aromatic heterocycles. The zero-order valence-corrected chi connectivity index (χ0v) is 15.5. The van der Waals surface area contributed by atoms with E-state index in [1.165, 1.54) is 22.5 Å². The largest absolute Gasteiger partial charge is 0.354 e. The molecule has 0 saturated carbocycles. The minimum atomic E-state index is -0.569. The van der Waals surface area contributed by atoms with Crippen LogP contribution in [0.2, 0.25) is 0 Å². The molecule has 2 N–H and O–H groups in total. The van der Waals surface area contributed by atoms with E-state index in [-0.39, 0.29) is 11.8 Å². The van der Waals surface area contributed by atoms with E-state index < -0.39 is 6.04 Å². The van der Waals surface area contributed by atoms with Gasteiger partial charge in [-0.25, -0.2) is 0 Å². The number of thiophene rings is 1. The van der Waals surface area contributed by atoms with Gasteiger partial charge < -0.3 is 10.6 Å². The Balaban J connectivity index is 1.79. The van der Waals surface area contributed by atoms with Crippen LogP contribution in [0.15, 0.2) is 40.2 Å². The van der Waals surface area contributed by atoms with E-state index in [0.29, 0.717) is 11.4 Å². The maximum Gasteiger partial charge on any atom is 0.262 e. The second-order valence-corrected chi connectivity index (χ2v) is 7.73. The zero-order chi connectivity index (χ0) is 16.8. The monoisotopic (exact) mass is 394 g/mol. The maximum absolute atomic E-state index is 12.1. The molecule has 0 fully saturated rings. The molecule has 2 amide bonds. The van der Waals surface area contributed by atoms with Crippen LogP contribution in [0.4, 0.5) is 0 Å². The molecule has 1 heterocycles. The van der Waals surface area contributed by atoms with E-state index in [1.54, 1.807) is 13.0 Å². The van der Waals surface area contributed by atoms with Crippen LogP contribution in [0.25, 0.3) is 0 Å². The molecule has 0 aliphatic heterocycles. The fraction of sp³-hybridized carbons (Fsp3) is 0.294. The number of benzene rings is 1. The standard InChI is InChI=1S/C17H19BrN2O2S/c1-11-5-3-4-6-13(11)9-10-19-16(21)12(2)20-17(22)14-7-8-15(18)23-14/h3-8,12H,9-10H2,1-2H3,(H,19,21)(H,20,22). The Hall–Kier alpha value is -1.66. The Kier molecular flexibility index (Phi) is 6.36. The summed E-state index contributed by atoms with van der Waals surface area (Å²) in [7, 11) is 0. The summed E-state index contributed by atoms with van der Waals surface area (Å²) in [6.07, 6.45) is 0.775. The summed E-state index contributed by atoms with van der Waals surface area (Å²) in [5, 5.41) is 5.57. The van der Waals surface area contributed by atoms with Crippen LogP contribution in [0, 0.1) is 6.92 Å². The van der Waals surface area contributed by atoms with Crippen molar-refractivity contribution in [3.63, 3.8) is 0 Å². The molecular weight excluding hydrogens is 376 g/mol. The molecule has 122 valence electrons. The Morgan fingerprint density at radius 1 is 1.22 bits per heavy atom. The van der Waals surface area contributed by atoms with Gasteiger partial charge in [0.15, 0.2) is 0 Å². The summed E-state index contributed by atoms with van der Waals surface area (Å²) in [4.78, 5) is 24.6. The van der Waals surface area contributed by atoms with Crippen molar-refractivity contribution in [2.24, 2.45) is 0 Å². The molecule has 0 radical (unpaired) electrons. The van der Waals surface area contributed by atoms with Gasteiger partial charge in [-0.1, -0.05) is 24.3 Å². The molecular formula is C17H19BrN2O2S. The van der Waals surface area contributed by atoms with Crippen molar-refractivity contribution in [1.29, 1.82) is 0 Å². The first kappa shape index (κ1) is 17.7. The summed E-state index contributed by atoms with van der Waals surface area (Å²) < 4.78 is 0.887. The van der Waals surface area contributed by atoms with Crippen molar-refractivity contribution in [1.82, 2.24) is 10.6 Å². The van der Waals surface area contributed by atoms with Gasteiger partial charge in [-0.2, -0.15) is 0 Å². The van der Waals surface area contributed by atoms with Crippen molar-refractivity contribution >= 4 is 39.1 Å². The van der Waals surface area contributed by atoms with Gasteiger partial charge >= 0.3 is 0 Å². The lowest BCUT2D eigenvalue weighted by atomic mass is 10.1. The number of carbonyl (C=O) groups is 2. The predicted molar refractivity (Wildman–Crippen MR) is 96.8 cm³/mol. The van der Waals surface area contributed by atoms with E-state index in [1.807, 2.05) is 18.2 Å². The molecule has 0 spiro atoms. The number of hydrogen-bond donors (Lipinski definition) is 2. The Bertz CT molecular complexity index is 699. The van der Waals surface area contributed by atoms with Gasteiger partial charge in [0.1, 0.15) is 6.04 Å². The Morgan fingerprint density at radius 3 is 2.61 bits per heavy atom. The first-order valence-corrected chi connectivity index (χ1v) is 8.96. The van der Waals surface area contributed by atoms with E-state index in [0.717, 1.165) is 10.2 Å². The third-order valence-corrected chi connectivity index (χ3v) is 5.12. The molecule has 23 heavy (non-hydrogen) atoms. The van der Waals surface area contributed by atoms with Crippen LogP contribution < -0.4 is 10.6 Å². The van der Waals surface area contributed by atoms with Crippen LogP contribution >= 0.6 is 27.3 Å². The van der Waals surface area contributed by atoms with Crippen molar-refractivity contribution in [2.75, 3.05) is 6.54 Å². The van der Waals surface area contributed by atoms with Gasteiger partial charge in [0.05, 0.1) is 8.66 Å². The molecule has 1 aromatic carbocycles. The summed E-state index contributed by atoms with van der Waals surface area (Å²) in [6.45, 7) is 4.29. The lowest BCUT2D eigenvalue weighted by Crippen LogP contribution is -2.45. The van der Waals surface area contributed by atoms with Gasteiger partial charge in [0.25, 0.3) is 5.91 Å². The normalized spacial score (nSPS) is 11.8. The van der Waals surface area contributed by atoms with Crippen LogP contribution in [0.3, 0.4) is 0 Å². The highest BCUT2D eigenvalue weighted by molar-refractivity contribution is 9.11. The molecule has 6 heteroatoms. The Morgan fingerprint density at radius 2 is 1.96 bits per heavy atom. The Labute approximate surface area is 148 Å². The second-order valence-electron chi connectivity index (χ2n) is 5.27. The van der Waals surface area contributed by atoms with E-state index in [4.69, 9.17) is 0 Å². The smallest absolute Gasteiger partial charge is 0.262 e. The number of nitrogens with one attached hydrogen (secondary N) is 2. The predicted octanol–water partition coefficient (Wildman–Crippen LogP) is 3.30. The minimum absolute atomic E-state index is 0.178. The number of rotatable bonds is 6. The minimum Gasteiger partial charge on any atom is -0.354 e. The molecule has 2 rings (SSSR count). The fourth-order valence-corrected chi connectivity index (χ4v) is 3.42. The van der Waals surface area contributed by atoms with E-state index in [2.05, 4.69) is 45.6 Å². The molecule has 0 bridgehead atoms. The third-order valence-electron chi connectivity index (χ3n) is 3.49. The molecule has 0 aliphatic carbocycles. The van der Waals surface area contributed by atoms with Gasteiger partial charge in [-0.3, -0.25) is 9.59 Å². The number of aryl methyl sites for hydroxylation is 1. The number of carbonyl (C=O) groups excluding carboxylic acids is 2. The van der Waals surface area contributed by atoms with Crippen LogP contribution in [0.1, 0.15) is 27.7 Å². The summed E-state index contributed by atoms with van der Waals surface area (Å²) >= 11 is 4.66. The van der Waals surface area contributed by atoms with Gasteiger partial charge in [0.2, 0.25) is 5.91 Å². The van der Waals surface area contributed by atoms with Crippen LogP contribution in [-0.4, -0.2) is 24.4 Å². The van der Waals surface area contributed by atoms with Gasteiger partial charge in [0, 0.05) is 6.54 Å². The fourth-order valence-electron chi connectivity index (χ4n) is 2.13. The molecule has 1 unspecified atom stereocenters.